The Morgan fingerprint density at radius 2 is 1.06 bits per heavy atom. The minimum Gasteiger partial charge on any atom is -0.394 e. The third kappa shape index (κ3) is 12.3. The predicted molar refractivity (Wildman–Crippen MR) is 293 cm³/mol. The molecule has 0 aromatic rings. The van der Waals surface area contributed by atoms with E-state index in [2.05, 4.69) is 40.7 Å². The van der Waals surface area contributed by atoms with Gasteiger partial charge in [0.25, 0.3) is 0 Å². The van der Waals surface area contributed by atoms with Crippen molar-refractivity contribution in [1.29, 1.82) is 0 Å². The molecule has 5 saturated heterocycles. The van der Waals surface area contributed by atoms with Crippen molar-refractivity contribution in [2.75, 3.05) is 33.0 Å². The molecular weight excluding hydrogens is 1140 g/mol. The highest BCUT2D eigenvalue weighted by atomic mass is 16.8. The molecule has 5 aliphatic heterocycles. The Labute approximate surface area is 501 Å². The first kappa shape index (κ1) is 69.0. The number of ether oxygens (including phenoxy) is 10. The first-order valence-electron chi connectivity index (χ1n) is 30.8. The molecule has 5 heterocycles. The lowest BCUT2D eigenvalue weighted by Crippen LogP contribution is -2.68. The van der Waals surface area contributed by atoms with Crippen molar-refractivity contribution < 1.29 is 134 Å². The molecule has 86 heavy (non-hydrogen) atoms. The maximum Gasteiger partial charge on any atom is 0.187 e. The Morgan fingerprint density at radius 3 is 1.70 bits per heavy atom. The number of fused-ring (bicyclic) bond motifs is 5. The van der Waals surface area contributed by atoms with Gasteiger partial charge in [0.2, 0.25) is 0 Å². The van der Waals surface area contributed by atoms with Crippen LogP contribution in [-0.4, -0.2) is 285 Å². The lowest BCUT2D eigenvalue weighted by molar-refractivity contribution is -0.378. The molecule has 0 aromatic carbocycles. The molecule has 9 rings (SSSR count). The molecule has 34 atom stereocenters. The van der Waals surface area contributed by atoms with Gasteiger partial charge < -0.3 is 134 Å². The predicted octanol–water partition coefficient (Wildman–Crippen LogP) is -3.74. The van der Waals surface area contributed by atoms with E-state index in [-0.39, 0.29) is 34.5 Å². The molecule has 17 N–H and O–H groups in total. The van der Waals surface area contributed by atoms with Gasteiger partial charge in [-0.1, -0.05) is 46.3 Å². The van der Waals surface area contributed by atoms with Crippen molar-refractivity contribution >= 4 is 0 Å². The zero-order valence-electron chi connectivity index (χ0n) is 50.5. The van der Waals surface area contributed by atoms with Crippen LogP contribution < -0.4 is 0 Å². The molecule has 0 radical (unpaired) electrons. The first-order valence-corrected chi connectivity index (χ1v) is 30.8. The largest absolute Gasteiger partial charge is 0.394 e. The minimum absolute atomic E-state index is 0.00480. The summed E-state index contributed by atoms with van der Waals surface area (Å²) in [5.41, 5.74) is -1.82. The molecule has 0 aromatic heterocycles. The standard InChI is InChI=1S/C59H100O27/c1-24(2)10-9-14-59(8,86-53-46(75)42(71)39(68)31(82-53)23-78-51-47(76)48(40(69)30(21-62)79-51)84-50-44(73)36(65)27(64)22-77-50)25-11-16-58(7)35(25)26(63)18-33-56(5)15-13-34(55(3,4)32(56)12-17-57(33,58)6)83-54-49(43(72)38(67)29(20-61)81-54)85-52-45(74)41(70)37(66)28(19-60)80-52/h10,25-54,60-76H,9,11-23H2,1-8H3/t25-,26+,27+,28-,29+,30+,31+,32+,33+,34-,35-,36-,37-,38+,39+,40+,41+,42-,43-,44+,45-,46+,47+,48-,49+,50+,51-,52+,53+,54+,56-,57+,58+,59-/m0/s1. The van der Waals surface area contributed by atoms with Crippen LogP contribution >= 0.6 is 0 Å². The summed E-state index contributed by atoms with van der Waals surface area (Å²) < 4.78 is 60.5. The van der Waals surface area contributed by atoms with Gasteiger partial charge in [-0.05, 0) is 124 Å². The normalized spacial score (nSPS) is 52.9. The van der Waals surface area contributed by atoms with E-state index in [0.717, 1.165) is 24.8 Å². The van der Waals surface area contributed by atoms with Crippen LogP contribution in [-0.2, 0) is 47.4 Å². The first-order chi connectivity index (χ1) is 40.3. The second-order valence-corrected chi connectivity index (χ2v) is 28.1. The summed E-state index contributed by atoms with van der Waals surface area (Å²) in [6.07, 6.45) is -33.0. The summed E-state index contributed by atoms with van der Waals surface area (Å²) in [6, 6.07) is 0. The van der Waals surface area contributed by atoms with Crippen LogP contribution in [0.1, 0.15) is 113 Å². The summed E-state index contributed by atoms with van der Waals surface area (Å²) in [5, 5.41) is 185. The van der Waals surface area contributed by atoms with Gasteiger partial charge in [-0.3, -0.25) is 0 Å². The summed E-state index contributed by atoms with van der Waals surface area (Å²) in [7, 11) is 0. The Morgan fingerprint density at radius 1 is 0.512 bits per heavy atom. The molecular formula is C59H100O27. The molecule has 4 saturated carbocycles. The Bertz CT molecular complexity index is 2260. The topological polar surface area (TPSA) is 436 Å². The van der Waals surface area contributed by atoms with Crippen molar-refractivity contribution in [1.82, 2.24) is 0 Å². The lowest BCUT2D eigenvalue weighted by atomic mass is 9.35. The van der Waals surface area contributed by atoms with Gasteiger partial charge in [0.15, 0.2) is 31.5 Å². The van der Waals surface area contributed by atoms with Gasteiger partial charge in [-0.15, -0.1) is 0 Å². The minimum atomic E-state index is -1.84. The van der Waals surface area contributed by atoms with Crippen molar-refractivity contribution in [2.45, 2.75) is 278 Å². The Balaban J connectivity index is 0.913. The van der Waals surface area contributed by atoms with E-state index in [0.29, 0.717) is 38.5 Å². The monoisotopic (exact) mass is 1240 g/mol. The quantitative estimate of drug-likeness (QED) is 0.0463. The third-order valence-electron chi connectivity index (χ3n) is 22.6. The average Bonchev–Trinajstić information content (AvgIpc) is 1.29. The van der Waals surface area contributed by atoms with E-state index < -0.39 is 209 Å². The van der Waals surface area contributed by atoms with Gasteiger partial charge in [0.05, 0.1) is 50.8 Å². The van der Waals surface area contributed by atoms with Crippen LogP contribution in [0.3, 0.4) is 0 Å². The number of hydrogen-bond acceptors (Lipinski definition) is 27. The zero-order chi connectivity index (χ0) is 63.1. The van der Waals surface area contributed by atoms with E-state index in [1.165, 1.54) is 0 Å². The highest BCUT2D eigenvalue weighted by molar-refractivity contribution is 5.21. The molecule has 27 nitrogen and oxygen atoms in total. The van der Waals surface area contributed by atoms with Crippen molar-refractivity contribution in [2.24, 2.45) is 45.3 Å². The van der Waals surface area contributed by atoms with E-state index in [1.807, 2.05) is 20.8 Å². The highest BCUT2D eigenvalue weighted by Crippen LogP contribution is 2.76. The number of allylic oxidation sites excluding steroid dienone is 2. The Hall–Kier alpha value is -1.34. The number of hydrogen-bond donors (Lipinski definition) is 17. The molecule has 0 amide bonds. The van der Waals surface area contributed by atoms with Crippen LogP contribution in [0, 0.1) is 45.3 Å². The zero-order valence-corrected chi connectivity index (χ0v) is 50.5. The Kier molecular flexibility index (Phi) is 21.3. The fourth-order valence-corrected chi connectivity index (χ4v) is 17.5. The van der Waals surface area contributed by atoms with Crippen LogP contribution in [0.15, 0.2) is 11.6 Å². The smallest absolute Gasteiger partial charge is 0.187 e. The molecule has 4 aliphatic carbocycles. The van der Waals surface area contributed by atoms with Crippen LogP contribution in [0.5, 0.6) is 0 Å². The molecule has 9 aliphatic rings. The highest BCUT2D eigenvalue weighted by Gasteiger charge is 2.72. The van der Waals surface area contributed by atoms with Crippen LogP contribution in [0.25, 0.3) is 0 Å². The summed E-state index contributed by atoms with van der Waals surface area (Å²) in [5.74, 6) is -0.628. The van der Waals surface area contributed by atoms with Crippen LogP contribution in [0.4, 0.5) is 0 Å². The molecule has 9 fully saturated rings. The SMILES string of the molecule is CC(C)=CCC[C@](C)(O[C@H]1O[C@H](CO[C@H]2O[C@H](CO)[C@@H](O)[C@H](O[C@H]3OC[C@@H](O)[C@H](O)[C@H]3O)[C@H]2O)[C@@H](O)[C@H](O)[C@H]1O)[C@H]1CC[C@]2(C)[C@@H]1[C@H](O)C[C@@H]1[C@@]3(C)CC[C@H](O[C@H]4O[C@H](CO)[C@@H](O)[C@H](O)[C@H]4O[C@H]4O[C@@H](CO)[C@H](O)[C@@H](O)[C@@H]4O)C(C)(C)[C@H]3CC[C@]12C. The van der Waals surface area contributed by atoms with Gasteiger partial charge >= 0.3 is 0 Å². The van der Waals surface area contributed by atoms with Crippen molar-refractivity contribution in [3.8, 4) is 0 Å². The summed E-state index contributed by atoms with van der Waals surface area (Å²) in [6.45, 7) is 13.8. The number of rotatable bonds is 18. The number of aliphatic hydroxyl groups is 17. The molecule has 0 bridgehead atoms. The summed E-state index contributed by atoms with van der Waals surface area (Å²) in [4.78, 5) is 0. The maximum absolute atomic E-state index is 12.9. The third-order valence-corrected chi connectivity index (χ3v) is 22.6. The molecule has 498 valence electrons. The summed E-state index contributed by atoms with van der Waals surface area (Å²) >= 11 is 0. The second kappa shape index (κ2) is 26.6. The van der Waals surface area contributed by atoms with E-state index in [1.54, 1.807) is 0 Å². The van der Waals surface area contributed by atoms with Gasteiger partial charge in [0.1, 0.15) is 116 Å². The molecule has 27 heteroatoms. The van der Waals surface area contributed by atoms with Gasteiger partial charge in [-0.25, -0.2) is 0 Å². The van der Waals surface area contributed by atoms with Crippen molar-refractivity contribution in [3.05, 3.63) is 11.6 Å². The lowest BCUT2D eigenvalue weighted by Gasteiger charge is -2.71. The van der Waals surface area contributed by atoms with E-state index in [4.69, 9.17) is 47.4 Å². The van der Waals surface area contributed by atoms with Gasteiger partial charge in [0, 0.05) is 0 Å². The maximum atomic E-state index is 12.9. The van der Waals surface area contributed by atoms with Crippen LogP contribution in [0.2, 0.25) is 0 Å². The fourth-order valence-electron chi connectivity index (χ4n) is 17.5. The number of aliphatic hydroxyl groups excluding tert-OH is 17. The fraction of sp³-hybridized carbons (Fsp3) is 0.966. The van der Waals surface area contributed by atoms with Gasteiger partial charge in [-0.2, -0.15) is 0 Å². The molecule has 0 spiro atoms. The van der Waals surface area contributed by atoms with Crippen molar-refractivity contribution in [3.63, 3.8) is 0 Å². The average molecular weight is 1240 g/mol. The van der Waals surface area contributed by atoms with E-state index in [9.17, 15) is 86.8 Å². The molecule has 0 unspecified atom stereocenters. The van der Waals surface area contributed by atoms with E-state index >= 15 is 0 Å². The second-order valence-electron chi connectivity index (χ2n) is 28.1.